The molecule has 27 heavy (non-hydrogen) atoms. The lowest BCUT2D eigenvalue weighted by atomic mass is 10.2. The van der Waals surface area contributed by atoms with Gasteiger partial charge in [-0.3, -0.25) is 14.4 Å². The van der Waals surface area contributed by atoms with Crippen LogP contribution in [0.1, 0.15) is 23.4 Å². The lowest BCUT2D eigenvalue weighted by Gasteiger charge is -2.34. The lowest BCUT2D eigenvalue weighted by molar-refractivity contribution is -0.133. The van der Waals surface area contributed by atoms with Gasteiger partial charge in [-0.05, 0) is 24.6 Å². The van der Waals surface area contributed by atoms with Crippen molar-refractivity contribution < 1.29 is 18.0 Å². The Bertz CT molecular complexity index is 819. The monoisotopic (exact) mass is 400 g/mol. The zero-order valence-corrected chi connectivity index (χ0v) is 15.6. The van der Waals surface area contributed by atoms with Gasteiger partial charge in [-0.1, -0.05) is 23.7 Å². The highest BCUT2D eigenvalue weighted by Gasteiger charge is 2.25. The molecule has 1 saturated heterocycles. The molecule has 1 aliphatic rings. The van der Waals surface area contributed by atoms with Crippen molar-refractivity contribution in [3.8, 4) is 0 Å². The molecule has 0 spiro atoms. The number of carbonyl (C=O) groups excluding carboxylic acids is 1. The standard InChI is InChI=1S/C18H20ClF3N4O/c1-12-16(19)17(18(21)22)23-26(12)11-15(27)25-7-5-24(6-8-25)10-13-3-2-4-14(20)9-13/h2-4,9,18H,5-8,10-11H2,1H3. The minimum Gasteiger partial charge on any atom is -0.339 e. The van der Waals surface area contributed by atoms with Crippen LogP contribution in [0.15, 0.2) is 24.3 Å². The van der Waals surface area contributed by atoms with Crippen molar-refractivity contribution in [1.82, 2.24) is 19.6 Å². The number of carbonyl (C=O) groups is 1. The lowest BCUT2D eigenvalue weighted by Crippen LogP contribution is -2.49. The van der Waals surface area contributed by atoms with Crippen LogP contribution in [0.3, 0.4) is 0 Å². The van der Waals surface area contributed by atoms with Crippen LogP contribution in [-0.4, -0.2) is 51.7 Å². The number of aromatic nitrogens is 2. The second-order valence-corrected chi connectivity index (χ2v) is 6.91. The molecule has 146 valence electrons. The molecule has 5 nitrogen and oxygen atoms in total. The SMILES string of the molecule is Cc1c(Cl)c(C(F)F)nn1CC(=O)N1CCN(Cc2cccc(F)c2)CC1. The van der Waals surface area contributed by atoms with E-state index in [-0.39, 0.29) is 23.3 Å². The fourth-order valence-electron chi connectivity index (χ4n) is 3.12. The predicted molar refractivity (Wildman–Crippen MR) is 95.2 cm³/mol. The number of amides is 1. The Kier molecular flexibility index (Phi) is 6.06. The zero-order chi connectivity index (χ0) is 19.6. The minimum atomic E-state index is -2.78. The smallest absolute Gasteiger partial charge is 0.283 e. The van der Waals surface area contributed by atoms with E-state index in [1.54, 1.807) is 17.9 Å². The van der Waals surface area contributed by atoms with Crippen molar-refractivity contribution in [2.24, 2.45) is 0 Å². The van der Waals surface area contributed by atoms with Crippen LogP contribution in [0.4, 0.5) is 13.2 Å². The quantitative estimate of drug-likeness (QED) is 0.773. The maximum Gasteiger partial charge on any atom is 0.283 e. The van der Waals surface area contributed by atoms with E-state index in [9.17, 15) is 18.0 Å². The molecule has 0 aliphatic carbocycles. The molecule has 0 unspecified atom stereocenters. The first kappa shape index (κ1) is 19.7. The molecule has 0 N–H and O–H groups in total. The van der Waals surface area contributed by atoms with Gasteiger partial charge in [-0.25, -0.2) is 13.2 Å². The average Bonchev–Trinajstić information content (AvgIpc) is 2.91. The Labute approximate surface area is 160 Å². The molecule has 1 fully saturated rings. The van der Waals surface area contributed by atoms with Crippen LogP contribution >= 0.6 is 11.6 Å². The summed E-state index contributed by atoms with van der Waals surface area (Å²) in [4.78, 5) is 16.3. The fraction of sp³-hybridized carbons (Fsp3) is 0.444. The van der Waals surface area contributed by atoms with Crippen molar-refractivity contribution in [1.29, 1.82) is 0 Å². The summed E-state index contributed by atoms with van der Waals surface area (Å²) >= 11 is 5.86. The van der Waals surface area contributed by atoms with Crippen molar-refractivity contribution >= 4 is 17.5 Å². The maximum absolute atomic E-state index is 13.3. The molecule has 3 rings (SSSR count). The van der Waals surface area contributed by atoms with E-state index in [1.807, 2.05) is 6.07 Å². The van der Waals surface area contributed by atoms with E-state index in [2.05, 4.69) is 10.00 Å². The Balaban J connectivity index is 1.55. The number of hydrogen-bond acceptors (Lipinski definition) is 3. The zero-order valence-electron chi connectivity index (χ0n) is 14.8. The van der Waals surface area contributed by atoms with E-state index in [0.29, 0.717) is 38.4 Å². The number of nitrogens with zero attached hydrogens (tertiary/aromatic N) is 4. The number of rotatable bonds is 5. The van der Waals surface area contributed by atoms with Crippen molar-refractivity contribution in [2.45, 2.75) is 26.4 Å². The average molecular weight is 401 g/mol. The Morgan fingerprint density at radius 1 is 1.26 bits per heavy atom. The van der Waals surface area contributed by atoms with Crippen LogP contribution in [0, 0.1) is 12.7 Å². The van der Waals surface area contributed by atoms with Gasteiger partial charge in [0, 0.05) is 32.7 Å². The van der Waals surface area contributed by atoms with Crippen LogP contribution in [-0.2, 0) is 17.9 Å². The van der Waals surface area contributed by atoms with Gasteiger partial charge in [0.05, 0.1) is 10.7 Å². The second kappa shape index (κ2) is 8.31. The molecule has 0 saturated carbocycles. The third-order valence-corrected chi connectivity index (χ3v) is 5.14. The van der Waals surface area contributed by atoms with Crippen LogP contribution in [0.25, 0.3) is 0 Å². The summed E-state index contributed by atoms with van der Waals surface area (Å²) in [5, 5.41) is 3.66. The second-order valence-electron chi connectivity index (χ2n) is 6.53. The minimum absolute atomic E-state index is 0.0993. The molecule has 1 aliphatic heterocycles. The predicted octanol–water partition coefficient (Wildman–Crippen LogP) is 3.27. The normalized spacial score (nSPS) is 15.6. The number of piperazine rings is 1. The van der Waals surface area contributed by atoms with E-state index < -0.39 is 12.1 Å². The summed E-state index contributed by atoms with van der Waals surface area (Å²) in [5.41, 5.74) is 0.739. The molecule has 0 atom stereocenters. The summed E-state index contributed by atoms with van der Waals surface area (Å²) in [5.74, 6) is -0.457. The molecule has 1 aromatic carbocycles. The fourth-order valence-corrected chi connectivity index (χ4v) is 3.34. The van der Waals surface area contributed by atoms with Gasteiger partial charge >= 0.3 is 0 Å². The van der Waals surface area contributed by atoms with Gasteiger partial charge in [0.2, 0.25) is 5.91 Å². The number of alkyl halides is 2. The largest absolute Gasteiger partial charge is 0.339 e. The van der Waals surface area contributed by atoms with Crippen LogP contribution in [0.5, 0.6) is 0 Å². The molecule has 9 heteroatoms. The van der Waals surface area contributed by atoms with Gasteiger partial charge < -0.3 is 4.90 Å². The van der Waals surface area contributed by atoms with Crippen molar-refractivity contribution in [3.05, 3.63) is 52.1 Å². The summed E-state index contributed by atoms with van der Waals surface area (Å²) in [6.07, 6.45) is -2.78. The molecule has 2 heterocycles. The summed E-state index contributed by atoms with van der Waals surface area (Å²) < 4.78 is 40.3. The molecule has 0 radical (unpaired) electrons. The Morgan fingerprint density at radius 3 is 2.56 bits per heavy atom. The molecule has 1 amide bonds. The molecule has 1 aromatic heterocycles. The highest BCUT2D eigenvalue weighted by Crippen LogP contribution is 2.28. The third kappa shape index (κ3) is 4.62. The van der Waals surface area contributed by atoms with Gasteiger partial charge in [0.15, 0.2) is 0 Å². The maximum atomic E-state index is 13.3. The van der Waals surface area contributed by atoms with Crippen LogP contribution < -0.4 is 0 Å². The highest BCUT2D eigenvalue weighted by atomic mass is 35.5. The molecular weight excluding hydrogens is 381 g/mol. The Morgan fingerprint density at radius 2 is 1.96 bits per heavy atom. The van der Waals surface area contributed by atoms with Crippen molar-refractivity contribution in [2.75, 3.05) is 26.2 Å². The molecule has 0 bridgehead atoms. The van der Waals surface area contributed by atoms with Gasteiger partial charge in [0.25, 0.3) is 6.43 Å². The summed E-state index contributed by atoms with van der Waals surface area (Å²) in [6, 6.07) is 6.45. The van der Waals surface area contributed by atoms with E-state index >= 15 is 0 Å². The van der Waals surface area contributed by atoms with Crippen molar-refractivity contribution in [3.63, 3.8) is 0 Å². The first-order valence-corrected chi connectivity index (χ1v) is 8.98. The number of benzene rings is 1. The van der Waals surface area contributed by atoms with E-state index in [4.69, 9.17) is 11.6 Å². The summed E-state index contributed by atoms with van der Waals surface area (Å²) in [7, 11) is 0. The molecular formula is C18H20ClF3N4O. The Hall–Kier alpha value is -2.06. The van der Waals surface area contributed by atoms with E-state index in [0.717, 1.165) is 5.56 Å². The third-order valence-electron chi connectivity index (χ3n) is 4.67. The van der Waals surface area contributed by atoms with Gasteiger partial charge in [-0.2, -0.15) is 5.10 Å². The topological polar surface area (TPSA) is 41.4 Å². The first-order valence-electron chi connectivity index (χ1n) is 8.60. The number of halogens is 4. The highest BCUT2D eigenvalue weighted by molar-refractivity contribution is 6.31. The van der Waals surface area contributed by atoms with Gasteiger partial charge in [-0.15, -0.1) is 0 Å². The summed E-state index contributed by atoms with van der Waals surface area (Å²) in [6.45, 7) is 4.40. The van der Waals surface area contributed by atoms with Gasteiger partial charge in [0.1, 0.15) is 18.1 Å². The number of hydrogen-bond donors (Lipinski definition) is 0. The first-order chi connectivity index (χ1) is 12.8. The van der Waals surface area contributed by atoms with E-state index in [1.165, 1.54) is 16.8 Å². The molecule has 2 aromatic rings. The van der Waals surface area contributed by atoms with Crippen LogP contribution in [0.2, 0.25) is 5.02 Å².